The van der Waals surface area contributed by atoms with Crippen LogP contribution < -0.4 is 10.1 Å². The second-order valence-corrected chi connectivity index (χ2v) is 9.98. The zero-order chi connectivity index (χ0) is 25.1. The average Bonchev–Trinajstić information content (AvgIpc) is 3.55. The van der Waals surface area contributed by atoms with Gasteiger partial charge >= 0.3 is 0 Å². The normalized spacial score (nSPS) is 24.2. The Morgan fingerprint density at radius 1 is 1.23 bits per heavy atom. The molecule has 1 saturated carbocycles. The summed E-state index contributed by atoms with van der Waals surface area (Å²) in [6.07, 6.45) is 2.48. The van der Waals surface area contributed by atoms with E-state index in [9.17, 15) is 9.59 Å². The van der Waals surface area contributed by atoms with Crippen LogP contribution in [0.15, 0.2) is 28.8 Å². The lowest BCUT2D eigenvalue weighted by Gasteiger charge is -2.36. The Bertz CT molecular complexity index is 1050. The molecule has 0 bridgehead atoms. The van der Waals surface area contributed by atoms with Crippen LogP contribution >= 0.6 is 0 Å². The maximum atomic E-state index is 13.3. The van der Waals surface area contributed by atoms with E-state index in [1.165, 1.54) is 12.8 Å². The number of fused-ring (bicyclic) bond motifs is 1. The summed E-state index contributed by atoms with van der Waals surface area (Å²) in [7, 11) is 3.49. The number of carbonyl (C=O) groups excluding carboxylic acids is 2. The van der Waals surface area contributed by atoms with Crippen molar-refractivity contribution in [2.75, 3.05) is 45.7 Å². The summed E-state index contributed by atoms with van der Waals surface area (Å²) in [4.78, 5) is 30.1. The van der Waals surface area contributed by atoms with Crippen molar-refractivity contribution in [3.05, 3.63) is 41.3 Å². The van der Waals surface area contributed by atoms with Gasteiger partial charge in [-0.05, 0) is 50.7 Å². The van der Waals surface area contributed by atoms with Gasteiger partial charge in [-0.2, -0.15) is 0 Å². The van der Waals surface area contributed by atoms with Gasteiger partial charge in [-0.3, -0.25) is 14.5 Å². The van der Waals surface area contributed by atoms with E-state index in [2.05, 4.69) is 29.2 Å². The van der Waals surface area contributed by atoms with Crippen molar-refractivity contribution in [3.63, 3.8) is 0 Å². The monoisotopic (exact) mass is 484 g/mol. The number of rotatable bonds is 5. The third kappa shape index (κ3) is 6.21. The SMILES string of the molecule is CO[C@H]1CN(C)C(=O)c2ccc(NC(=O)c3cc(C)on3)cc2OC[C@@H](C)N(CC2CC2)C[C@@H]1C. The van der Waals surface area contributed by atoms with Gasteiger partial charge in [0.2, 0.25) is 0 Å². The molecule has 1 fully saturated rings. The molecule has 1 aliphatic carbocycles. The molecule has 9 heteroatoms. The van der Waals surface area contributed by atoms with Gasteiger partial charge in [-0.15, -0.1) is 0 Å². The van der Waals surface area contributed by atoms with Crippen LogP contribution in [-0.4, -0.2) is 79.3 Å². The van der Waals surface area contributed by atoms with Gasteiger partial charge in [0.25, 0.3) is 11.8 Å². The molecule has 4 rings (SSSR count). The Labute approximate surface area is 206 Å². The summed E-state index contributed by atoms with van der Waals surface area (Å²) in [5.74, 6) is 1.46. The maximum absolute atomic E-state index is 13.3. The van der Waals surface area contributed by atoms with E-state index in [-0.39, 0.29) is 35.6 Å². The number of nitrogens with one attached hydrogen (secondary N) is 1. The lowest BCUT2D eigenvalue weighted by Crippen LogP contribution is -2.47. The Morgan fingerprint density at radius 3 is 2.66 bits per heavy atom. The minimum atomic E-state index is -0.390. The van der Waals surface area contributed by atoms with E-state index in [0.29, 0.717) is 35.9 Å². The minimum absolute atomic E-state index is 0.0777. The van der Waals surface area contributed by atoms with Gasteiger partial charge in [0.1, 0.15) is 18.1 Å². The Balaban J connectivity index is 1.60. The molecule has 2 aromatic rings. The number of benzene rings is 1. The molecule has 190 valence electrons. The number of amides is 2. The van der Waals surface area contributed by atoms with E-state index in [0.717, 1.165) is 19.0 Å². The van der Waals surface area contributed by atoms with Crippen LogP contribution in [0, 0.1) is 18.8 Å². The topological polar surface area (TPSA) is 97.1 Å². The summed E-state index contributed by atoms with van der Waals surface area (Å²) in [6, 6.07) is 6.82. The first-order chi connectivity index (χ1) is 16.7. The molecule has 9 nitrogen and oxygen atoms in total. The molecule has 2 heterocycles. The van der Waals surface area contributed by atoms with Crippen LogP contribution in [0.3, 0.4) is 0 Å². The van der Waals surface area contributed by atoms with Crippen molar-refractivity contribution in [2.24, 2.45) is 11.8 Å². The third-order valence-corrected chi connectivity index (χ3v) is 6.88. The number of ether oxygens (including phenoxy) is 2. The van der Waals surface area contributed by atoms with Gasteiger partial charge in [0, 0.05) is 57.7 Å². The number of anilines is 1. The van der Waals surface area contributed by atoms with Gasteiger partial charge < -0.3 is 24.2 Å². The quantitative estimate of drug-likeness (QED) is 0.694. The summed E-state index contributed by atoms with van der Waals surface area (Å²) in [5, 5.41) is 6.58. The molecule has 2 aliphatic rings. The van der Waals surface area contributed by atoms with Crippen LogP contribution in [0.25, 0.3) is 0 Å². The first-order valence-electron chi connectivity index (χ1n) is 12.3. The highest BCUT2D eigenvalue weighted by atomic mass is 16.5. The van der Waals surface area contributed by atoms with E-state index < -0.39 is 0 Å². The minimum Gasteiger partial charge on any atom is -0.491 e. The highest BCUT2D eigenvalue weighted by Gasteiger charge is 2.31. The molecule has 0 unspecified atom stereocenters. The lowest BCUT2D eigenvalue weighted by molar-refractivity contribution is 0.00994. The summed E-state index contributed by atoms with van der Waals surface area (Å²) in [5.41, 5.74) is 1.16. The molecule has 0 spiro atoms. The van der Waals surface area contributed by atoms with Crippen molar-refractivity contribution in [2.45, 2.75) is 45.8 Å². The number of aryl methyl sites for hydroxylation is 1. The van der Waals surface area contributed by atoms with Crippen molar-refractivity contribution >= 4 is 17.5 Å². The molecule has 1 aliphatic heterocycles. The van der Waals surface area contributed by atoms with Gasteiger partial charge in [0.15, 0.2) is 5.69 Å². The average molecular weight is 485 g/mol. The Morgan fingerprint density at radius 2 is 2.00 bits per heavy atom. The van der Waals surface area contributed by atoms with E-state index in [4.69, 9.17) is 14.0 Å². The fraction of sp³-hybridized carbons (Fsp3) is 0.577. The van der Waals surface area contributed by atoms with E-state index in [1.807, 2.05) is 0 Å². The number of nitrogens with zero attached hydrogens (tertiary/aromatic N) is 3. The van der Waals surface area contributed by atoms with Crippen LogP contribution in [0.4, 0.5) is 5.69 Å². The molecule has 2 amide bonds. The molecule has 1 aromatic heterocycles. The van der Waals surface area contributed by atoms with Crippen LogP contribution in [0.5, 0.6) is 5.75 Å². The highest BCUT2D eigenvalue weighted by molar-refractivity contribution is 6.03. The molecule has 0 radical (unpaired) electrons. The standard InChI is InChI=1S/C26H36N4O5/c1-16-12-30(13-19-6-7-19)17(2)15-34-23-11-20(27-25(31)22-10-18(3)35-28-22)8-9-21(23)26(32)29(4)14-24(16)33-5/h8-11,16-17,19,24H,6-7,12-15H2,1-5H3,(H,27,31)/t16-,17+,24-/m0/s1. The second kappa shape index (κ2) is 10.8. The number of carbonyl (C=O) groups is 2. The van der Waals surface area contributed by atoms with Gasteiger partial charge in [0.05, 0.1) is 11.7 Å². The van der Waals surface area contributed by atoms with Crippen LogP contribution in [-0.2, 0) is 4.74 Å². The van der Waals surface area contributed by atoms with Crippen molar-refractivity contribution < 1.29 is 23.6 Å². The van der Waals surface area contributed by atoms with E-state index >= 15 is 0 Å². The zero-order valence-electron chi connectivity index (χ0n) is 21.2. The predicted octanol–water partition coefficient (Wildman–Crippen LogP) is 3.45. The number of aromatic nitrogens is 1. The number of hydrogen-bond acceptors (Lipinski definition) is 7. The Kier molecular flexibility index (Phi) is 7.76. The van der Waals surface area contributed by atoms with Crippen molar-refractivity contribution in [1.82, 2.24) is 15.0 Å². The molecule has 1 aromatic carbocycles. The van der Waals surface area contributed by atoms with Gasteiger partial charge in [-0.1, -0.05) is 12.1 Å². The van der Waals surface area contributed by atoms with Crippen molar-refractivity contribution in [3.8, 4) is 5.75 Å². The first kappa shape index (κ1) is 25.2. The first-order valence-corrected chi connectivity index (χ1v) is 12.3. The predicted molar refractivity (Wildman–Crippen MR) is 132 cm³/mol. The van der Waals surface area contributed by atoms with Gasteiger partial charge in [-0.25, -0.2) is 0 Å². The van der Waals surface area contributed by atoms with Crippen LogP contribution in [0.2, 0.25) is 0 Å². The summed E-state index contributed by atoms with van der Waals surface area (Å²) >= 11 is 0. The molecular weight excluding hydrogens is 448 g/mol. The number of methoxy groups -OCH3 is 1. The lowest BCUT2D eigenvalue weighted by atomic mass is 10.0. The molecule has 0 saturated heterocycles. The zero-order valence-corrected chi connectivity index (χ0v) is 21.2. The number of hydrogen-bond donors (Lipinski definition) is 1. The number of likely N-dealkylation sites (N-methyl/N-ethyl adjacent to an activating group) is 1. The largest absolute Gasteiger partial charge is 0.491 e. The molecule has 1 N–H and O–H groups in total. The Hall–Kier alpha value is -2.91. The van der Waals surface area contributed by atoms with E-state index in [1.54, 1.807) is 50.2 Å². The smallest absolute Gasteiger partial charge is 0.277 e. The fourth-order valence-corrected chi connectivity index (χ4v) is 4.48. The summed E-state index contributed by atoms with van der Waals surface area (Å²) in [6.45, 7) is 8.90. The molecule has 3 atom stereocenters. The fourth-order valence-electron chi connectivity index (χ4n) is 4.48. The molecule has 35 heavy (non-hydrogen) atoms. The second-order valence-electron chi connectivity index (χ2n) is 9.98. The molecular formula is C26H36N4O5. The maximum Gasteiger partial charge on any atom is 0.277 e. The highest BCUT2D eigenvalue weighted by Crippen LogP contribution is 2.32. The van der Waals surface area contributed by atoms with Crippen molar-refractivity contribution in [1.29, 1.82) is 0 Å². The van der Waals surface area contributed by atoms with Crippen LogP contribution in [0.1, 0.15) is 53.3 Å². The third-order valence-electron chi connectivity index (χ3n) is 6.88. The summed E-state index contributed by atoms with van der Waals surface area (Å²) < 4.78 is 17.0.